The molecule has 150 valence electrons. The number of nitriles is 1. The summed E-state index contributed by atoms with van der Waals surface area (Å²) in [5.41, 5.74) is 1.47. The average molecular weight is 410 g/mol. The first kappa shape index (κ1) is 20.9. The fourth-order valence-electron chi connectivity index (χ4n) is 2.87. The van der Waals surface area contributed by atoms with Crippen LogP contribution in [0.25, 0.3) is 0 Å². The van der Waals surface area contributed by atoms with E-state index in [2.05, 4.69) is 5.32 Å². The molecule has 6 nitrogen and oxygen atoms in total. The number of carbonyl (C=O) groups excluding carboxylic acids is 2. The SMILES string of the molecule is C[C@@H](OC(=O)c1ccccc1SC[C@H]1CCCO1)C(=O)Nc1ccc(C#N)cc1. The minimum Gasteiger partial charge on any atom is -0.449 e. The van der Waals surface area contributed by atoms with Gasteiger partial charge in [0.15, 0.2) is 6.10 Å². The number of rotatable bonds is 7. The third-order valence-electron chi connectivity index (χ3n) is 4.49. The van der Waals surface area contributed by atoms with Gasteiger partial charge in [-0.1, -0.05) is 12.1 Å². The molecule has 7 heteroatoms. The number of nitrogens with one attached hydrogen (secondary N) is 1. The van der Waals surface area contributed by atoms with Crippen LogP contribution in [0.5, 0.6) is 0 Å². The number of nitrogens with zero attached hydrogens (tertiary/aromatic N) is 1. The number of anilines is 1. The van der Waals surface area contributed by atoms with E-state index < -0.39 is 18.0 Å². The van der Waals surface area contributed by atoms with Gasteiger partial charge in [0.25, 0.3) is 5.91 Å². The molecule has 0 unspecified atom stereocenters. The van der Waals surface area contributed by atoms with Crippen molar-refractivity contribution in [3.8, 4) is 6.07 Å². The smallest absolute Gasteiger partial charge is 0.340 e. The largest absolute Gasteiger partial charge is 0.449 e. The van der Waals surface area contributed by atoms with Gasteiger partial charge in [-0.25, -0.2) is 4.79 Å². The molecular formula is C22H22N2O4S. The number of hydrogen-bond donors (Lipinski definition) is 1. The zero-order chi connectivity index (χ0) is 20.6. The Morgan fingerprint density at radius 1 is 1.28 bits per heavy atom. The van der Waals surface area contributed by atoms with Gasteiger partial charge in [0.2, 0.25) is 0 Å². The molecule has 1 aliphatic heterocycles. The normalized spacial score (nSPS) is 16.6. The molecule has 0 spiro atoms. The standard InChI is InChI=1S/C22H22N2O4S/c1-15(21(25)24-17-10-8-16(13-23)9-11-17)28-22(26)19-6-2-3-7-20(19)29-14-18-5-4-12-27-18/h2-3,6-11,15,18H,4-5,12,14H2,1H3,(H,24,25)/t15-,18-/m1/s1. The van der Waals surface area contributed by atoms with E-state index in [1.807, 2.05) is 18.2 Å². The van der Waals surface area contributed by atoms with Gasteiger partial charge in [0.05, 0.1) is 23.3 Å². The number of amides is 1. The number of hydrogen-bond acceptors (Lipinski definition) is 6. The second-order valence-corrected chi connectivity index (χ2v) is 7.73. The van der Waals surface area contributed by atoms with Crippen LogP contribution in [-0.4, -0.2) is 36.4 Å². The van der Waals surface area contributed by atoms with Gasteiger partial charge in [0, 0.05) is 22.9 Å². The number of thioether (sulfide) groups is 1. The third kappa shape index (κ3) is 5.83. The molecule has 1 heterocycles. The summed E-state index contributed by atoms with van der Waals surface area (Å²) < 4.78 is 11.0. The molecule has 2 aromatic rings. The van der Waals surface area contributed by atoms with Crippen molar-refractivity contribution in [2.75, 3.05) is 17.7 Å². The molecule has 2 aromatic carbocycles. The van der Waals surface area contributed by atoms with Crippen LogP contribution in [0.2, 0.25) is 0 Å². The van der Waals surface area contributed by atoms with Crippen molar-refractivity contribution < 1.29 is 19.1 Å². The summed E-state index contributed by atoms with van der Waals surface area (Å²) in [7, 11) is 0. The quantitative estimate of drug-likeness (QED) is 0.548. The Balaban J connectivity index is 1.58. The molecule has 1 amide bonds. The number of carbonyl (C=O) groups is 2. The Hall–Kier alpha value is -2.82. The van der Waals surface area contributed by atoms with E-state index in [0.717, 1.165) is 30.1 Å². The van der Waals surface area contributed by atoms with E-state index in [1.54, 1.807) is 48.2 Å². The Morgan fingerprint density at radius 2 is 2.03 bits per heavy atom. The summed E-state index contributed by atoms with van der Waals surface area (Å²) in [5.74, 6) is -0.200. The molecule has 2 atom stereocenters. The van der Waals surface area contributed by atoms with Crippen LogP contribution in [-0.2, 0) is 14.3 Å². The summed E-state index contributed by atoms with van der Waals surface area (Å²) in [4.78, 5) is 25.8. The molecule has 1 N–H and O–H groups in total. The summed E-state index contributed by atoms with van der Waals surface area (Å²) in [6, 6.07) is 15.7. The lowest BCUT2D eigenvalue weighted by molar-refractivity contribution is -0.123. The lowest BCUT2D eigenvalue weighted by Crippen LogP contribution is -2.30. The summed E-state index contributed by atoms with van der Waals surface area (Å²) in [6.45, 7) is 2.32. The number of esters is 1. The number of ether oxygens (including phenoxy) is 2. The van der Waals surface area contributed by atoms with Gasteiger partial charge in [0.1, 0.15) is 0 Å². The van der Waals surface area contributed by atoms with E-state index in [0.29, 0.717) is 16.8 Å². The van der Waals surface area contributed by atoms with Gasteiger partial charge < -0.3 is 14.8 Å². The van der Waals surface area contributed by atoms with Crippen molar-refractivity contribution in [2.45, 2.75) is 36.9 Å². The van der Waals surface area contributed by atoms with Gasteiger partial charge in [-0.05, 0) is 56.2 Å². The van der Waals surface area contributed by atoms with Crippen LogP contribution in [0.1, 0.15) is 35.7 Å². The second kappa shape index (κ2) is 10.1. The average Bonchev–Trinajstić information content (AvgIpc) is 3.26. The van der Waals surface area contributed by atoms with Gasteiger partial charge >= 0.3 is 5.97 Å². The first-order chi connectivity index (χ1) is 14.1. The van der Waals surface area contributed by atoms with Crippen LogP contribution in [0, 0.1) is 11.3 Å². The zero-order valence-electron chi connectivity index (χ0n) is 16.1. The molecule has 0 saturated carbocycles. The second-order valence-electron chi connectivity index (χ2n) is 6.67. The Labute approximate surface area is 174 Å². The van der Waals surface area contributed by atoms with Crippen molar-refractivity contribution in [3.05, 3.63) is 59.7 Å². The molecule has 1 fully saturated rings. The lowest BCUT2D eigenvalue weighted by Gasteiger charge is -2.15. The van der Waals surface area contributed by atoms with E-state index in [1.165, 1.54) is 6.92 Å². The first-order valence-corrected chi connectivity index (χ1v) is 10.4. The molecule has 0 bridgehead atoms. The van der Waals surface area contributed by atoms with Crippen LogP contribution >= 0.6 is 11.8 Å². The van der Waals surface area contributed by atoms with E-state index >= 15 is 0 Å². The van der Waals surface area contributed by atoms with Gasteiger partial charge in [-0.2, -0.15) is 5.26 Å². The molecule has 29 heavy (non-hydrogen) atoms. The van der Waals surface area contributed by atoms with Gasteiger partial charge in [-0.3, -0.25) is 4.79 Å². The Kier molecular flexibility index (Phi) is 7.28. The minimum atomic E-state index is -0.964. The molecule has 0 aliphatic carbocycles. The lowest BCUT2D eigenvalue weighted by atomic mass is 10.2. The molecule has 1 saturated heterocycles. The van der Waals surface area contributed by atoms with Crippen LogP contribution in [0.3, 0.4) is 0 Å². The maximum atomic E-state index is 12.6. The van der Waals surface area contributed by atoms with Crippen LogP contribution in [0.15, 0.2) is 53.4 Å². The molecule has 0 aromatic heterocycles. The first-order valence-electron chi connectivity index (χ1n) is 9.42. The highest BCUT2D eigenvalue weighted by Crippen LogP contribution is 2.27. The highest BCUT2D eigenvalue weighted by atomic mass is 32.2. The monoisotopic (exact) mass is 410 g/mol. The van der Waals surface area contributed by atoms with Crippen molar-refractivity contribution in [2.24, 2.45) is 0 Å². The van der Waals surface area contributed by atoms with E-state index in [-0.39, 0.29) is 6.10 Å². The van der Waals surface area contributed by atoms with Crippen molar-refractivity contribution in [3.63, 3.8) is 0 Å². The Morgan fingerprint density at radius 3 is 2.72 bits per heavy atom. The highest BCUT2D eigenvalue weighted by molar-refractivity contribution is 7.99. The minimum absolute atomic E-state index is 0.209. The van der Waals surface area contributed by atoms with Gasteiger partial charge in [-0.15, -0.1) is 11.8 Å². The van der Waals surface area contributed by atoms with Crippen LogP contribution < -0.4 is 5.32 Å². The van der Waals surface area contributed by atoms with E-state index in [4.69, 9.17) is 14.7 Å². The summed E-state index contributed by atoms with van der Waals surface area (Å²) in [6.07, 6.45) is 1.35. The molecular weight excluding hydrogens is 388 g/mol. The molecule has 1 aliphatic rings. The fraction of sp³-hybridized carbons (Fsp3) is 0.318. The summed E-state index contributed by atoms with van der Waals surface area (Å²) >= 11 is 1.56. The molecule has 0 radical (unpaired) electrons. The number of benzene rings is 2. The highest BCUT2D eigenvalue weighted by Gasteiger charge is 2.22. The summed E-state index contributed by atoms with van der Waals surface area (Å²) in [5, 5.41) is 11.5. The van der Waals surface area contributed by atoms with Crippen molar-refractivity contribution in [1.82, 2.24) is 0 Å². The van der Waals surface area contributed by atoms with Crippen molar-refractivity contribution in [1.29, 1.82) is 5.26 Å². The zero-order valence-corrected chi connectivity index (χ0v) is 16.9. The van der Waals surface area contributed by atoms with Crippen molar-refractivity contribution >= 4 is 29.3 Å². The van der Waals surface area contributed by atoms with Crippen LogP contribution in [0.4, 0.5) is 5.69 Å². The maximum absolute atomic E-state index is 12.6. The van der Waals surface area contributed by atoms with E-state index in [9.17, 15) is 9.59 Å². The Bertz CT molecular complexity index is 902. The topological polar surface area (TPSA) is 88.4 Å². The fourth-order valence-corrected chi connectivity index (χ4v) is 3.98. The predicted molar refractivity (Wildman–Crippen MR) is 111 cm³/mol. The molecule has 3 rings (SSSR count). The predicted octanol–water partition coefficient (Wildman–Crippen LogP) is 4.01. The maximum Gasteiger partial charge on any atom is 0.340 e. The third-order valence-corrected chi connectivity index (χ3v) is 5.70.